The van der Waals surface area contributed by atoms with Gasteiger partial charge in [-0.3, -0.25) is 10.1 Å². The molecule has 0 aliphatic rings. The number of anilines is 1. The first-order valence-corrected chi connectivity index (χ1v) is 8.64. The molecule has 1 N–H and O–H groups in total. The second-order valence-corrected chi connectivity index (χ2v) is 7.83. The fourth-order valence-electron chi connectivity index (χ4n) is 1.83. The number of benzene rings is 1. The van der Waals surface area contributed by atoms with E-state index in [9.17, 15) is 4.79 Å². The van der Waals surface area contributed by atoms with Gasteiger partial charge in [-0.15, -0.1) is 11.3 Å². The molecule has 0 radical (unpaired) electrons. The first-order chi connectivity index (χ1) is 10.8. The first-order valence-electron chi connectivity index (χ1n) is 7.76. The van der Waals surface area contributed by atoms with Crippen LogP contribution in [0.2, 0.25) is 0 Å². The fraction of sp³-hybridized carbons (Fsp3) is 0.444. The summed E-state index contributed by atoms with van der Waals surface area (Å²) < 4.78 is 5.66. The fourth-order valence-corrected chi connectivity index (χ4v) is 2.77. The molecule has 23 heavy (non-hydrogen) atoms. The lowest BCUT2D eigenvalue weighted by atomic mass is 9.93. The maximum atomic E-state index is 12.4. The van der Waals surface area contributed by atoms with Crippen LogP contribution in [-0.2, 0) is 5.41 Å². The van der Waals surface area contributed by atoms with Crippen molar-refractivity contribution in [2.75, 3.05) is 11.9 Å². The molecule has 0 bridgehead atoms. The molecule has 0 saturated heterocycles. The lowest BCUT2D eigenvalue weighted by Gasteiger charge is -2.14. The van der Waals surface area contributed by atoms with Crippen LogP contribution >= 0.6 is 11.3 Å². The van der Waals surface area contributed by atoms with E-state index in [1.165, 1.54) is 11.3 Å². The highest BCUT2D eigenvalue weighted by Crippen LogP contribution is 2.26. The topological polar surface area (TPSA) is 51.2 Å². The predicted octanol–water partition coefficient (Wildman–Crippen LogP) is 4.73. The summed E-state index contributed by atoms with van der Waals surface area (Å²) in [6.45, 7) is 11.1. The first kappa shape index (κ1) is 17.5. The summed E-state index contributed by atoms with van der Waals surface area (Å²) in [6, 6.07) is 7.22. The third kappa shape index (κ3) is 5.06. The minimum absolute atomic E-state index is 0.0237. The highest BCUT2D eigenvalue weighted by Gasteiger charge is 2.18. The second-order valence-electron chi connectivity index (χ2n) is 6.97. The second kappa shape index (κ2) is 7.13. The average molecular weight is 332 g/mol. The van der Waals surface area contributed by atoms with Gasteiger partial charge < -0.3 is 4.74 Å². The monoisotopic (exact) mass is 332 g/mol. The van der Waals surface area contributed by atoms with Gasteiger partial charge in [-0.1, -0.05) is 40.7 Å². The van der Waals surface area contributed by atoms with Gasteiger partial charge in [0.15, 0.2) is 5.13 Å². The van der Waals surface area contributed by atoms with E-state index in [-0.39, 0.29) is 11.3 Å². The van der Waals surface area contributed by atoms with Gasteiger partial charge in [0.2, 0.25) is 0 Å². The molecule has 1 heterocycles. The van der Waals surface area contributed by atoms with E-state index in [0.29, 0.717) is 29.0 Å². The molecule has 124 valence electrons. The molecule has 0 fully saturated rings. The highest BCUT2D eigenvalue weighted by atomic mass is 32.1. The minimum Gasteiger partial charge on any atom is -0.493 e. The zero-order valence-corrected chi connectivity index (χ0v) is 15.2. The summed E-state index contributed by atoms with van der Waals surface area (Å²) in [5.74, 6) is 0.981. The number of ether oxygens (including phenoxy) is 1. The number of carbonyl (C=O) groups excluding carboxylic acids is 1. The molecule has 0 aliphatic carbocycles. The van der Waals surface area contributed by atoms with Crippen molar-refractivity contribution in [2.24, 2.45) is 5.92 Å². The van der Waals surface area contributed by atoms with Crippen LogP contribution in [0.3, 0.4) is 0 Å². The van der Waals surface area contributed by atoms with Crippen LogP contribution in [0.25, 0.3) is 0 Å². The van der Waals surface area contributed by atoms with Crippen molar-refractivity contribution in [2.45, 2.75) is 40.0 Å². The summed E-state index contributed by atoms with van der Waals surface area (Å²) in [4.78, 5) is 16.8. The van der Waals surface area contributed by atoms with E-state index in [4.69, 9.17) is 4.74 Å². The van der Waals surface area contributed by atoms with Gasteiger partial charge in [0.1, 0.15) is 5.75 Å². The molecule has 1 amide bonds. The summed E-state index contributed by atoms with van der Waals surface area (Å²) >= 11 is 1.44. The van der Waals surface area contributed by atoms with Crippen molar-refractivity contribution in [3.8, 4) is 5.75 Å². The summed E-state index contributed by atoms with van der Waals surface area (Å²) in [6.07, 6.45) is 0. The van der Waals surface area contributed by atoms with Crippen molar-refractivity contribution < 1.29 is 9.53 Å². The molecule has 0 saturated carbocycles. The third-order valence-electron chi connectivity index (χ3n) is 3.17. The highest BCUT2D eigenvalue weighted by molar-refractivity contribution is 7.14. The Morgan fingerprint density at radius 1 is 1.35 bits per heavy atom. The van der Waals surface area contributed by atoms with Gasteiger partial charge in [-0.2, -0.15) is 0 Å². The van der Waals surface area contributed by atoms with E-state index < -0.39 is 0 Å². The Labute approximate surface area is 141 Å². The number of carbonyl (C=O) groups is 1. The Morgan fingerprint density at radius 2 is 2.09 bits per heavy atom. The maximum absolute atomic E-state index is 12.4. The number of amides is 1. The van der Waals surface area contributed by atoms with Crippen LogP contribution in [0.4, 0.5) is 5.13 Å². The largest absolute Gasteiger partial charge is 0.493 e. The van der Waals surface area contributed by atoms with Gasteiger partial charge >= 0.3 is 0 Å². The molecule has 5 heteroatoms. The number of rotatable bonds is 5. The van der Waals surface area contributed by atoms with Gasteiger partial charge in [-0.05, 0) is 24.1 Å². The smallest absolute Gasteiger partial charge is 0.257 e. The van der Waals surface area contributed by atoms with Crippen molar-refractivity contribution >= 4 is 22.4 Å². The molecule has 0 atom stereocenters. The van der Waals surface area contributed by atoms with Crippen LogP contribution in [-0.4, -0.2) is 17.5 Å². The zero-order chi connectivity index (χ0) is 17.0. The summed E-state index contributed by atoms with van der Waals surface area (Å²) in [7, 11) is 0. The molecule has 1 aromatic carbocycles. The number of aromatic nitrogens is 1. The molecule has 0 aliphatic heterocycles. The van der Waals surface area contributed by atoms with Gasteiger partial charge in [0.05, 0.1) is 12.3 Å². The lowest BCUT2D eigenvalue weighted by molar-refractivity contribution is 0.102. The van der Waals surface area contributed by atoms with Crippen molar-refractivity contribution in [3.05, 3.63) is 40.9 Å². The third-order valence-corrected chi connectivity index (χ3v) is 3.93. The zero-order valence-electron chi connectivity index (χ0n) is 14.3. The Kier molecular flexibility index (Phi) is 5.42. The van der Waals surface area contributed by atoms with E-state index in [0.717, 1.165) is 5.69 Å². The Bertz CT molecular complexity index is 672. The quantitative estimate of drug-likeness (QED) is 0.861. The molecular weight excluding hydrogens is 308 g/mol. The molecule has 0 unspecified atom stereocenters. The number of hydrogen-bond acceptors (Lipinski definition) is 4. The van der Waals surface area contributed by atoms with E-state index in [1.807, 2.05) is 17.5 Å². The molecule has 2 rings (SSSR count). The molecule has 0 spiro atoms. The summed E-state index contributed by atoms with van der Waals surface area (Å²) in [5, 5.41) is 5.46. The van der Waals surface area contributed by atoms with Crippen LogP contribution in [0.1, 0.15) is 50.7 Å². The number of hydrogen-bond donors (Lipinski definition) is 1. The average Bonchev–Trinajstić information content (AvgIpc) is 2.94. The lowest BCUT2D eigenvalue weighted by Crippen LogP contribution is -2.14. The number of thiazole rings is 1. The number of nitrogens with one attached hydrogen (secondary N) is 1. The predicted molar refractivity (Wildman–Crippen MR) is 95.5 cm³/mol. The molecule has 2 aromatic rings. The number of nitrogens with zero attached hydrogens (tertiary/aromatic N) is 1. The van der Waals surface area contributed by atoms with Gasteiger partial charge in [-0.25, -0.2) is 4.98 Å². The Hall–Kier alpha value is -1.88. The van der Waals surface area contributed by atoms with E-state index in [2.05, 4.69) is 44.9 Å². The van der Waals surface area contributed by atoms with Crippen LogP contribution in [0, 0.1) is 5.92 Å². The normalized spacial score (nSPS) is 11.6. The molecule has 4 nitrogen and oxygen atoms in total. The molecule has 1 aromatic heterocycles. The van der Waals surface area contributed by atoms with Crippen LogP contribution < -0.4 is 10.1 Å². The van der Waals surface area contributed by atoms with Crippen molar-refractivity contribution in [1.82, 2.24) is 4.98 Å². The van der Waals surface area contributed by atoms with Crippen molar-refractivity contribution in [3.63, 3.8) is 0 Å². The molecular formula is C18H24N2O2S. The van der Waals surface area contributed by atoms with Crippen molar-refractivity contribution in [1.29, 1.82) is 0 Å². The standard InChI is InChI=1S/C18H24N2O2S/c1-12(2)10-22-14-8-6-7-13(9-14)16(21)20-17-19-15(11-23-17)18(3,4)5/h6-9,11-12H,10H2,1-5H3,(H,19,20,21). The minimum atomic E-state index is -0.171. The van der Waals surface area contributed by atoms with Crippen LogP contribution in [0.15, 0.2) is 29.6 Å². The van der Waals surface area contributed by atoms with E-state index in [1.54, 1.807) is 12.1 Å². The van der Waals surface area contributed by atoms with Crippen LogP contribution in [0.5, 0.6) is 5.75 Å². The van der Waals surface area contributed by atoms with E-state index >= 15 is 0 Å². The SMILES string of the molecule is CC(C)COc1cccc(C(=O)Nc2nc(C(C)(C)C)cs2)c1. The van der Waals surface area contributed by atoms with Gasteiger partial charge in [0, 0.05) is 16.4 Å². The van der Waals surface area contributed by atoms with Gasteiger partial charge in [0.25, 0.3) is 5.91 Å². The Morgan fingerprint density at radius 3 is 2.70 bits per heavy atom. The summed E-state index contributed by atoms with van der Waals surface area (Å²) in [5.41, 5.74) is 1.52. The maximum Gasteiger partial charge on any atom is 0.257 e. The Balaban J connectivity index is 2.06.